The molecule has 0 amide bonds. The number of halogens is 3. The smallest absolute Gasteiger partial charge is 0.384 e. The van der Waals surface area contributed by atoms with Gasteiger partial charge in [-0.3, -0.25) is 0 Å². The van der Waals surface area contributed by atoms with E-state index in [0.29, 0.717) is 0 Å². The van der Waals surface area contributed by atoms with Gasteiger partial charge in [0.2, 0.25) is 0 Å². The first-order valence-corrected chi connectivity index (χ1v) is 4.46. The average molecular weight is 218 g/mol. The number of rotatable bonds is 0. The van der Waals surface area contributed by atoms with Crippen molar-refractivity contribution in [2.45, 2.75) is 32.4 Å². The Morgan fingerprint density at radius 1 is 1.13 bits per heavy atom. The molecule has 84 valence electrons. The number of hydrogen-bond donors (Lipinski definition) is 1. The van der Waals surface area contributed by atoms with E-state index in [0.717, 1.165) is 0 Å². The van der Waals surface area contributed by atoms with E-state index >= 15 is 0 Å². The molecule has 0 atom stereocenters. The van der Waals surface area contributed by atoms with Gasteiger partial charge in [0.15, 0.2) is 5.69 Å². The first kappa shape index (κ1) is 11.8. The summed E-state index contributed by atoms with van der Waals surface area (Å²) < 4.78 is 37.9. The summed E-state index contributed by atoms with van der Waals surface area (Å²) in [6.45, 7) is 5.11. The molecule has 0 aromatic carbocycles. The molecule has 0 aliphatic heterocycles. The molecular weight excluding hydrogens is 205 g/mol. The normalized spacial score (nSPS) is 12.9. The lowest BCUT2D eigenvalue weighted by atomic mass is 9.85. The Balaban J connectivity index is 3.41. The van der Waals surface area contributed by atoms with E-state index in [1.54, 1.807) is 20.8 Å². The molecule has 0 saturated heterocycles. The number of nitrogens with two attached hydrogens (primary N) is 1. The lowest BCUT2D eigenvalue weighted by Crippen LogP contribution is -2.21. The number of pyridine rings is 1. The Morgan fingerprint density at radius 2 is 1.67 bits per heavy atom. The van der Waals surface area contributed by atoms with Crippen molar-refractivity contribution in [2.24, 2.45) is 0 Å². The summed E-state index contributed by atoms with van der Waals surface area (Å²) in [5.41, 5.74) is 3.91. The molecule has 15 heavy (non-hydrogen) atoms. The van der Waals surface area contributed by atoms with Crippen LogP contribution >= 0.6 is 0 Å². The third-order valence-corrected chi connectivity index (χ3v) is 1.99. The molecule has 1 heterocycles. The van der Waals surface area contributed by atoms with Gasteiger partial charge in [0.05, 0.1) is 0 Å². The fourth-order valence-corrected chi connectivity index (χ4v) is 1.30. The Bertz CT molecular complexity index is 364. The summed E-state index contributed by atoms with van der Waals surface area (Å²) in [5, 5.41) is 0. The molecule has 0 saturated carbocycles. The van der Waals surface area contributed by atoms with Crippen molar-refractivity contribution in [2.75, 3.05) is 5.73 Å². The van der Waals surface area contributed by atoms with Crippen molar-refractivity contribution in [3.05, 3.63) is 23.4 Å². The maximum Gasteiger partial charge on any atom is 0.433 e. The highest BCUT2D eigenvalue weighted by Crippen LogP contribution is 2.36. The monoisotopic (exact) mass is 218 g/mol. The van der Waals surface area contributed by atoms with Crippen LogP contribution in [0, 0.1) is 0 Å². The Kier molecular flexibility index (Phi) is 2.67. The minimum absolute atomic E-state index is 0.115. The first-order chi connectivity index (χ1) is 6.62. The van der Waals surface area contributed by atoms with Crippen LogP contribution in [0.1, 0.15) is 32.0 Å². The first-order valence-electron chi connectivity index (χ1n) is 4.46. The lowest BCUT2D eigenvalue weighted by Gasteiger charge is -2.23. The summed E-state index contributed by atoms with van der Waals surface area (Å²) in [5.74, 6) is -0.115. The van der Waals surface area contributed by atoms with Crippen LogP contribution < -0.4 is 5.73 Å². The molecule has 1 aromatic rings. The molecule has 5 heteroatoms. The van der Waals surface area contributed by atoms with Crippen molar-refractivity contribution < 1.29 is 13.2 Å². The highest BCUT2D eigenvalue weighted by molar-refractivity contribution is 5.38. The highest BCUT2D eigenvalue weighted by Gasteiger charge is 2.38. The molecule has 2 N–H and O–H groups in total. The predicted octanol–water partition coefficient (Wildman–Crippen LogP) is 2.98. The largest absolute Gasteiger partial charge is 0.433 e. The fourth-order valence-electron chi connectivity index (χ4n) is 1.30. The maximum atomic E-state index is 12.6. The van der Waals surface area contributed by atoms with Crippen molar-refractivity contribution in [1.82, 2.24) is 4.98 Å². The summed E-state index contributed by atoms with van der Waals surface area (Å²) in [6.07, 6.45) is -4.46. The van der Waals surface area contributed by atoms with Gasteiger partial charge in [-0.15, -0.1) is 0 Å². The van der Waals surface area contributed by atoms with E-state index in [1.807, 2.05) is 0 Å². The Hall–Kier alpha value is -1.26. The van der Waals surface area contributed by atoms with Crippen molar-refractivity contribution in [1.29, 1.82) is 0 Å². The van der Waals surface area contributed by atoms with Gasteiger partial charge in [-0.05, 0) is 17.0 Å². The van der Waals surface area contributed by atoms with Gasteiger partial charge in [0.1, 0.15) is 5.82 Å². The van der Waals surface area contributed by atoms with Crippen molar-refractivity contribution in [3.63, 3.8) is 0 Å². The molecule has 1 aromatic heterocycles. The van der Waals surface area contributed by atoms with E-state index in [-0.39, 0.29) is 11.4 Å². The molecule has 0 aliphatic carbocycles. The third-order valence-electron chi connectivity index (χ3n) is 1.99. The van der Waals surface area contributed by atoms with Crippen LogP contribution in [0.15, 0.2) is 12.1 Å². The number of alkyl halides is 3. The van der Waals surface area contributed by atoms with Gasteiger partial charge in [-0.25, -0.2) is 4.98 Å². The standard InChI is InChI=1S/C10H13F3N2/c1-9(2,3)6-4-5-7(14)15-8(6)10(11,12)13/h4-5H,1-3H3,(H2,14,15). The van der Waals surface area contributed by atoms with Crippen LogP contribution in [0.5, 0.6) is 0 Å². The topological polar surface area (TPSA) is 38.9 Å². The summed E-state index contributed by atoms with van der Waals surface area (Å²) in [7, 11) is 0. The number of nitrogens with zero attached hydrogens (tertiary/aromatic N) is 1. The number of aromatic nitrogens is 1. The second-order valence-corrected chi connectivity index (χ2v) is 4.38. The van der Waals surface area contributed by atoms with Crippen LogP contribution in [0.25, 0.3) is 0 Å². The molecule has 0 aliphatic rings. The quantitative estimate of drug-likeness (QED) is 0.727. The van der Waals surface area contributed by atoms with E-state index in [9.17, 15) is 13.2 Å². The molecule has 0 unspecified atom stereocenters. The molecule has 0 bridgehead atoms. The van der Waals surface area contributed by atoms with Gasteiger partial charge in [0, 0.05) is 0 Å². The minimum Gasteiger partial charge on any atom is -0.384 e. The van der Waals surface area contributed by atoms with Gasteiger partial charge >= 0.3 is 6.18 Å². The average Bonchev–Trinajstić information content (AvgIpc) is 2.00. The van der Waals surface area contributed by atoms with Crippen LogP contribution in [0.4, 0.5) is 19.0 Å². The molecule has 0 spiro atoms. The second kappa shape index (κ2) is 3.40. The zero-order valence-electron chi connectivity index (χ0n) is 8.81. The number of anilines is 1. The molecule has 1 rings (SSSR count). The van der Waals surface area contributed by atoms with Gasteiger partial charge < -0.3 is 5.73 Å². The van der Waals surface area contributed by atoms with E-state index in [1.165, 1.54) is 12.1 Å². The minimum atomic E-state index is -4.46. The lowest BCUT2D eigenvalue weighted by molar-refractivity contribution is -0.142. The molecule has 2 nitrogen and oxygen atoms in total. The van der Waals surface area contributed by atoms with Gasteiger partial charge in [-0.2, -0.15) is 13.2 Å². The third kappa shape index (κ3) is 2.61. The molecule has 0 fully saturated rings. The highest BCUT2D eigenvalue weighted by atomic mass is 19.4. The van der Waals surface area contributed by atoms with E-state index in [4.69, 9.17) is 5.73 Å². The number of hydrogen-bond acceptors (Lipinski definition) is 2. The number of nitrogen functional groups attached to an aromatic ring is 1. The van der Waals surface area contributed by atoms with Gasteiger partial charge in [-0.1, -0.05) is 26.8 Å². The zero-order chi connectivity index (χ0) is 11.9. The SMILES string of the molecule is CC(C)(C)c1ccc(N)nc1C(F)(F)F. The fraction of sp³-hybridized carbons (Fsp3) is 0.500. The zero-order valence-corrected chi connectivity index (χ0v) is 8.81. The summed E-state index contributed by atoms with van der Waals surface area (Å²) in [4.78, 5) is 3.36. The van der Waals surface area contributed by atoms with Gasteiger partial charge in [0.25, 0.3) is 0 Å². The summed E-state index contributed by atoms with van der Waals surface area (Å²) in [6, 6.07) is 2.76. The molecule has 0 radical (unpaired) electrons. The Morgan fingerprint density at radius 3 is 2.07 bits per heavy atom. The van der Waals surface area contributed by atoms with Crippen LogP contribution in [-0.2, 0) is 11.6 Å². The maximum absolute atomic E-state index is 12.6. The Labute approximate surface area is 86.3 Å². The van der Waals surface area contributed by atoms with Crippen molar-refractivity contribution >= 4 is 5.82 Å². The van der Waals surface area contributed by atoms with Crippen molar-refractivity contribution in [3.8, 4) is 0 Å². The van der Waals surface area contributed by atoms with E-state index < -0.39 is 17.3 Å². The van der Waals surface area contributed by atoms with E-state index in [2.05, 4.69) is 4.98 Å². The predicted molar refractivity (Wildman–Crippen MR) is 52.4 cm³/mol. The molecular formula is C10H13F3N2. The second-order valence-electron chi connectivity index (χ2n) is 4.38. The summed E-state index contributed by atoms with van der Waals surface area (Å²) >= 11 is 0. The van der Waals surface area contributed by atoms with Crippen LogP contribution in [-0.4, -0.2) is 4.98 Å². The van der Waals surface area contributed by atoms with Crippen LogP contribution in [0.3, 0.4) is 0 Å². The van der Waals surface area contributed by atoms with Crippen LogP contribution in [0.2, 0.25) is 0 Å².